The SMILES string of the molecule is Cc1cc(CC=O)cc(C(F)(F)F)c1. The van der Waals surface area contributed by atoms with Crippen molar-refractivity contribution in [2.75, 3.05) is 0 Å². The minimum absolute atomic E-state index is 0.0186. The topological polar surface area (TPSA) is 17.1 Å². The predicted molar refractivity (Wildman–Crippen MR) is 45.9 cm³/mol. The van der Waals surface area contributed by atoms with E-state index >= 15 is 0 Å². The smallest absolute Gasteiger partial charge is 0.303 e. The molecule has 0 amide bonds. The molecule has 0 radical (unpaired) electrons. The third-order valence-electron chi connectivity index (χ3n) is 1.78. The van der Waals surface area contributed by atoms with E-state index in [9.17, 15) is 18.0 Å². The van der Waals surface area contributed by atoms with Gasteiger partial charge in [0, 0.05) is 6.42 Å². The lowest BCUT2D eigenvalue weighted by molar-refractivity contribution is -0.137. The molecule has 1 aromatic rings. The number of hydrogen-bond acceptors (Lipinski definition) is 1. The highest BCUT2D eigenvalue weighted by atomic mass is 19.4. The van der Waals surface area contributed by atoms with Gasteiger partial charge >= 0.3 is 6.18 Å². The van der Waals surface area contributed by atoms with Gasteiger partial charge in [-0.15, -0.1) is 0 Å². The molecule has 0 spiro atoms. The minimum atomic E-state index is -4.34. The number of hydrogen-bond donors (Lipinski definition) is 0. The molecule has 0 aromatic heterocycles. The van der Waals surface area contributed by atoms with Crippen LogP contribution < -0.4 is 0 Å². The van der Waals surface area contributed by atoms with Crippen LogP contribution in [0.5, 0.6) is 0 Å². The van der Waals surface area contributed by atoms with Crippen LogP contribution in [0.2, 0.25) is 0 Å². The van der Waals surface area contributed by atoms with Gasteiger partial charge in [-0.2, -0.15) is 13.2 Å². The summed E-state index contributed by atoms with van der Waals surface area (Å²) in [6.07, 6.45) is -3.73. The quantitative estimate of drug-likeness (QED) is 0.674. The van der Waals surface area contributed by atoms with Gasteiger partial charge < -0.3 is 4.79 Å². The summed E-state index contributed by atoms with van der Waals surface area (Å²) in [5.41, 5.74) is 0.207. The molecular formula is C10H9F3O. The van der Waals surface area contributed by atoms with Gasteiger partial charge in [0.15, 0.2) is 0 Å². The van der Waals surface area contributed by atoms with Gasteiger partial charge in [0.05, 0.1) is 5.56 Å². The maximum atomic E-state index is 12.3. The molecule has 0 atom stereocenters. The fourth-order valence-electron chi connectivity index (χ4n) is 1.24. The second-order valence-electron chi connectivity index (χ2n) is 3.08. The number of carbonyl (C=O) groups excluding carboxylic acids is 1. The largest absolute Gasteiger partial charge is 0.416 e. The molecule has 0 aliphatic carbocycles. The molecule has 14 heavy (non-hydrogen) atoms. The summed E-state index contributed by atoms with van der Waals surface area (Å²) in [7, 11) is 0. The lowest BCUT2D eigenvalue weighted by Gasteiger charge is -2.09. The van der Waals surface area contributed by atoms with Crippen LogP contribution in [0.4, 0.5) is 13.2 Å². The van der Waals surface area contributed by atoms with E-state index in [0.717, 1.165) is 12.1 Å². The molecular weight excluding hydrogens is 193 g/mol. The van der Waals surface area contributed by atoms with Crippen LogP contribution >= 0.6 is 0 Å². The Balaban J connectivity index is 3.13. The monoisotopic (exact) mass is 202 g/mol. The zero-order valence-corrected chi connectivity index (χ0v) is 7.56. The Morgan fingerprint density at radius 2 is 1.93 bits per heavy atom. The van der Waals surface area contributed by atoms with E-state index in [0.29, 0.717) is 17.4 Å². The Morgan fingerprint density at radius 1 is 1.29 bits per heavy atom. The van der Waals surface area contributed by atoms with Crippen molar-refractivity contribution in [1.29, 1.82) is 0 Å². The molecule has 0 fully saturated rings. The van der Waals surface area contributed by atoms with Crippen LogP contribution in [-0.4, -0.2) is 6.29 Å². The second kappa shape index (κ2) is 3.82. The van der Waals surface area contributed by atoms with Gasteiger partial charge in [-0.1, -0.05) is 11.6 Å². The third kappa shape index (κ3) is 2.58. The molecule has 1 rings (SSSR count). The Kier molecular flexibility index (Phi) is 2.93. The molecule has 0 aliphatic heterocycles. The molecule has 0 N–H and O–H groups in total. The third-order valence-corrected chi connectivity index (χ3v) is 1.78. The maximum absolute atomic E-state index is 12.3. The van der Waals surface area contributed by atoms with Crippen LogP contribution in [0.15, 0.2) is 18.2 Å². The number of aryl methyl sites for hydroxylation is 1. The van der Waals surface area contributed by atoms with Gasteiger partial charge in [-0.3, -0.25) is 0 Å². The predicted octanol–water partition coefficient (Wildman–Crippen LogP) is 2.76. The lowest BCUT2D eigenvalue weighted by atomic mass is 10.0. The zero-order valence-electron chi connectivity index (χ0n) is 7.56. The molecule has 1 aromatic carbocycles. The number of alkyl halides is 3. The summed E-state index contributed by atoms with van der Waals surface area (Å²) in [5, 5.41) is 0. The van der Waals surface area contributed by atoms with Gasteiger partial charge in [-0.05, 0) is 24.6 Å². The summed E-state index contributed by atoms with van der Waals surface area (Å²) in [6.45, 7) is 1.57. The van der Waals surface area contributed by atoms with Crippen LogP contribution in [0, 0.1) is 6.92 Å². The molecule has 76 valence electrons. The van der Waals surface area contributed by atoms with Crippen molar-refractivity contribution in [1.82, 2.24) is 0 Å². The molecule has 0 bridgehead atoms. The van der Waals surface area contributed by atoms with Crippen molar-refractivity contribution in [2.24, 2.45) is 0 Å². The summed E-state index contributed by atoms with van der Waals surface area (Å²) < 4.78 is 36.9. The van der Waals surface area contributed by atoms with Gasteiger partial charge in [0.25, 0.3) is 0 Å². The first-order valence-electron chi connectivity index (χ1n) is 4.05. The highest BCUT2D eigenvalue weighted by Gasteiger charge is 2.30. The van der Waals surface area contributed by atoms with Gasteiger partial charge in [-0.25, -0.2) is 0 Å². The number of aldehydes is 1. The lowest BCUT2D eigenvalue weighted by Crippen LogP contribution is -2.06. The average Bonchev–Trinajstić information content (AvgIpc) is 2.02. The number of halogens is 3. The van der Waals surface area contributed by atoms with E-state index < -0.39 is 11.7 Å². The Labute approximate surface area is 79.5 Å². The van der Waals surface area contributed by atoms with Crippen molar-refractivity contribution >= 4 is 6.29 Å². The van der Waals surface area contributed by atoms with E-state index in [2.05, 4.69) is 0 Å². The van der Waals surface area contributed by atoms with Crippen molar-refractivity contribution < 1.29 is 18.0 Å². The van der Waals surface area contributed by atoms with Crippen molar-refractivity contribution in [3.63, 3.8) is 0 Å². The highest BCUT2D eigenvalue weighted by Crippen LogP contribution is 2.30. The Bertz CT molecular complexity index is 342. The van der Waals surface area contributed by atoms with Gasteiger partial charge in [0.2, 0.25) is 0 Å². The van der Waals surface area contributed by atoms with E-state index in [-0.39, 0.29) is 6.42 Å². The zero-order chi connectivity index (χ0) is 10.8. The molecule has 0 unspecified atom stereocenters. The average molecular weight is 202 g/mol. The standard InChI is InChI=1S/C10H9F3O/c1-7-4-8(2-3-14)6-9(5-7)10(11,12)13/h3-6H,2H2,1H3. The first-order valence-corrected chi connectivity index (χ1v) is 4.05. The van der Waals surface area contributed by atoms with Crippen molar-refractivity contribution in [2.45, 2.75) is 19.5 Å². The molecule has 0 aliphatic rings. The molecule has 0 saturated carbocycles. The summed E-state index contributed by atoms with van der Waals surface area (Å²) in [6, 6.07) is 3.64. The van der Waals surface area contributed by atoms with Crippen molar-refractivity contribution in [3.8, 4) is 0 Å². The van der Waals surface area contributed by atoms with Crippen molar-refractivity contribution in [3.05, 3.63) is 34.9 Å². The Morgan fingerprint density at radius 3 is 2.43 bits per heavy atom. The van der Waals surface area contributed by atoms with Crippen LogP contribution in [0.3, 0.4) is 0 Å². The first-order chi connectivity index (χ1) is 6.43. The minimum Gasteiger partial charge on any atom is -0.303 e. The molecule has 0 saturated heterocycles. The summed E-state index contributed by atoms with van der Waals surface area (Å²) in [4.78, 5) is 10.2. The normalized spacial score (nSPS) is 11.4. The van der Waals surface area contributed by atoms with E-state index in [1.165, 1.54) is 0 Å². The fourth-order valence-corrected chi connectivity index (χ4v) is 1.24. The Hall–Kier alpha value is -1.32. The molecule has 4 heteroatoms. The second-order valence-corrected chi connectivity index (χ2v) is 3.08. The number of benzene rings is 1. The number of carbonyl (C=O) groups is 1. The summed E-state index contributed by atoms with van der Waals surface area (Å²) >= 11 is 0. The number of rotatable bonds is 2. The van der Waals surface area contributed by atoms with E-state index in [1.807, 2.05) is 0 Å². The molecule has 1 nitrogen and oxygen atoms in total. The highest BCUT2D eigenvalue weighted by molar-refractivity contribution is 5.55. The van der Waals surface area contributed by atoms with Gasteiger partial charge in [0.1, 0.15) is 6.29 Å². The van der Waals surface area contributed by atoms with Crippen LogP contribution in [0.1, 0.15) is 16.7 Å². The van der Waals surface area contributed by atoms with E-state index in [1.54, 1.807) is 13.0 Å². The maximum Gasteiger partial charge on any atom is 0.416 e. The summed E-state index contributed by atoms with van der Waals surface area (Å²) in [5.74, 6) is 0. The first kappa shape index (κ1) is 10.8. The van der Waals surface area contributed by atoms with Crippen LogP contribution in [-0.2, 0) is 17.4 Å². The molecule has 0 heterocycles. The van der Waals surface area contributed by atoms with Crippen LogP contribution in [0.25, 0.3) is 0 Å². The van der Waals surface area contributed by atoms with E-state index in [4.69, 9.17) is 0 Å². The fraction of sp³-hybridized carbons (Fsp3) is 0.300.